The molecule has 20 heavy (non-hydrogen) atoms. The van der Waals surface area contributed by atoms with Gasteiger partial charge in [0.2, 0.25) is 0 Å². The molecule has 0 amide bonds. The van der Waals surface area contributed by atoms with Gasteiger partial charge in [-0.15, -0.1) is 0 Å². The number of hydrogen-bond acceptors (Lipinski definition) is 6. The Hall–Kier alpha value is -1.14. The van der Waals surface area contributed by atoms with Crippen LogP contribution in [0.15, 0.2) is 0 Å². The molecule has 0 spiro atoms. The highest BCUT2D eigenvalue weighted by Crippen LogP contribution is 2.09. The molecule has 0 heterocycles. The number of rotatable bonds is 10. The molecule has 2 atom stereocenters. The fourth-order valence-corrected chi connectivity index (χ4v) is 1.50. The van der Waals surface area contributed by atoms with E-state index in [0.717, 1.165) is 0 Å². The summed E-state index contributed by atoms with van der Waals surface area (Å²) in [5.41, 5.74) is 0. The van der Waals surface area contributed by atoms with Crippen molar-refractivity contribution in [2.45, 2.75) is 46.8 Å². The molecular weight excluding hydrogens is 264 g/mol. The molecule has 0 saturated carbocycles. The van der Waals surface area contributed by atoms with Crippen molar-refractivity contribution in [1.82, 2.24) is 0 Å². The van der Waals surface area contributed by atoms with Gasteiger partial charge in [-0.3, -0.25) is 9.59 Å². The fourth-order valence-electron chi connectivity index (χ4n) is 1.50. The molecule has 0 N–H and O–H groups in total. The highest BCUT2D eigenvalue weighted by atomic mass is 16.6. The number of carbonyl (C=O) groups excluding carboxylic acids is 2. The van der Waals surface area contributed by atoms with Crippen LogP contribution in [-0.4, -0.2) is 50.6 Å². The van der Waals surface area contributed by atoms with E-state index >= 15 is 0 Å². The minimum absolute atomic E-state index is 0.0732. The van der Waals surface area contributed by atoms with Crippen LogP contribution in [0.2, 0.25) is 0 Å². The van der Waals surface area contributed by atoms with E-state index in [0.29, 0.717) is 6.61 Å². The standard InChI is InChI=1S/C14H26O6/c1-6-17-10(4)11(5)20-9-12(13(15)18-7-2)14(16)19-8-3/h10-12H,6-9H2,1-5H3. The first-order valence-electron chi connectivity index (χ1n) is 7.04. The van der Waals surface area contributed by atoms with Gasteiger partial charge >= 0.3 is 11.9 Å². The largest absolute Gasteiger partial charge is 0.465 e. The van der Waals surface area contributed by atoms with Crippen LogP contribution in [0.1, 0.15) is 34.6 Å². The minimum Gasteiger partial charge on any atom is -0.465 e. The molecule has 0 rings (SSSR count). The van der Waals surface area contributed by atoms with Crippen LogP contribution in [0.3, 0.4) is 0 Å². The van der Waals surface area contributed by atoms with E-state index in [1.165, 1.54) is 0 Å². The second-order valence-corrected chi connectivity index (χ2v) is 4.26. The summed E-state index contributed by atoms with van der Waals surface area (Å²) in [7, 11) is 0. The van der Waals surface area contributed by atoms with Crippen molar-refractivity contribution < 1.29 is 28.5 Å². The Bertz CT molecular complexity index is 273. The van der Waals surface area contributed by atoms with Crippen molar-refractivity contribution in [3.05, 3.63) is 0 Å². The monoisotopic (exact) mass is 290 g/mol. The van der Waals surface area contributed by atoms with E-state index in [1.54, 1.807) is 13.8 Å². The van der Waals surface area contributed by atoms with Crippen molar-refractivity contribution in [3.63, 3.8) is 0 Å². The van der Waals surface area contributed by atoms with E-state index in [1.807, 2.05) is 20.8 Å². The van der Waals surface area contributed by atoms with Gasteiger partial charge < -0.3 is 18.9 Å². The SMILES string of the molecule is CCOC(=O)C(COC(C)C(C)OCC)C(=O)OCC. The summed E-state index contributed by atoms with van der Waals surface area (Å²) < 4.78 is 20.6. The highest BCUT2D eigenvalue weighted by Gasteiger charge is 2.31. The maximum atomic E-state index is 11.7. The third-order valence-electron chi connectivity index (χ3n) is 2.76. The molecule has 0 bridgehead atoms. The average Bonchev–Trinajstić information content (AvgIpc) is 2.39. The van der Waals surface area contributed by atoms with E-state index in [-0.39, 0.29) is 32.0 Å². The van der Waals surface area contributed by atoms with Gasteiger partial charge in [-0.25, -0.2) is 0 Å². The predicted octanol–water partition coefficient (Wildman–Crippen LogP) is 1.56. The Kier molecular flexibility index (Phi) is 10.0. The Labute approximate surface area is 120 Å². The van der Waals surface area contributed by atoms with Gasteiger partial charge in [0.15, 0.2) is 5.92 Å². The predicted molar refractivity (Wildman–Crippen MR) is 73.3 cm³/mol. The lowest BCUT2D eigenvalue weighted by atomic mass is 10.1. The second-order valence-electron chi connectivity index (χ2n) is 4.26. The third kappa shape index (κ3) is 6.86. The molecule has 6 heteroatoms. The van der Waals surface area contributed by atoms with E-state index in [9.17, 15) is 9.59 Å². The lowest BCUT2D eigenvalue weighted by Gasteiger charge is -2.22. The first-order chi connectivity index (χ1) is 9.47. The lowest BCUT2D eigenvalue weighted by Crippen LogP contribution is -2.35. The van der Waals surface area contributed by atoms with E-state index in [2.05, 4.69) is 0 Å². The van der Waals surface area contributed by atoms with Crippen LogP contribution in [0.25, 0.3) is 0 Å². The van der Waals surface area contributed by atoms with E-state index < -0.39 is 17.9 Å². The number of carbonyl (C=O) groups is 2. The Morgan fingerprint density at radius 1 is 0.800 bits per heavy atom. The molecule has 0 saturated heterocycles. The Morgan fingerprint density at radius 2 is 1.25 bits per heavy atom. The summed E-state index contributed by atoms with van der Waals surface area (Å²) in [6.07, 6.45) is -0.355. The van der Waals surface area contributed by atoms with Crippen LogP contribution in [0, 0.1) is 5.92 Å². The molecule has 2 unspecified atom stereocenters. The topological polar surface area (TPSA) is 71.1 Å². The van der Waals surface area contributed by atoms with E-state index in [4.69, 9.17) is 18.9 Å². The second kappa shape index (κ2) is 10.6. The highest BCUT2D eigenvalue weighted by molar-refractivity contribution is 5.95. The summed E-state index contributed by atoms with van der Waals surface area (Å²) in [6, 6.07) is 0. The van der Waals surface area contributed by atoms with Crippen LogP contribution < -0.4 is 0 Å². The maximum Gasteiger partial charge on any atom is 0.322 e. The molecule has 0 aromatic rings. The molecule has 0 radical (unpaired) electrons. The van der Waals surface area contributed by atoms with Gasteiger partial charge in [0.1, 0.15) is 0 Å². The molecule has 0 aromatic carbocycles. The first-order valence-corrected chi connectivity index (χ1v) is 7.04. The molecule has 118 valence electrons. The number of esters is 2. The van der Waals surface area contributed by atoms with Crippen molar-refractivity contribution in [1.29, 1.82) is 0 Å². The number of ether oxygens (including phenoxy) is 4. The van der Waals surface area contributed by atoms with Gasteiger partial charge in [-0.1, -0.05) is 0 Å². The fraction of sp³-hybridized carbons (Fsp3) is 0.857. The molecule has 6 nitrogen and oxygen atoms in total. The molecule has 0 fully saturated rings. The van der Waals surface area contributed by atoms with Crippen LogP contribution in [0.5, 0.6) is 0 Å². The molecular formula is C14H26O6. The third-order valence-corrected chi connectivity index (χ3v) is 2.76. The average molecular weight is 290 g/mol. The van der Waals surface area contributed by atoms with Crippen molar-refractivity contribution in [2.75, 3.05) is 26.4 Å². The van der Waals surface area contributed by atoms with Gasteiger partial charge in [0.25, 0.3) is 0 Å². The van der Waals surface area contributed by atoms with Gasteiger partial charge in [-0.2, -0.15) is 0 Å². The summed E-state index contributed by atoms with van der Waals surface area (Å²) in [4.78, 5) is 23.5. The zero-order valence-corrected chi connectivity index (χ0v) is 13.0. The first kappa shape index (κ1) is 18.9. The zero-order valence-electron chi connectivity index (χ0n) is 13.0. The summed E-state index contributed by atoms with van der Waals surface area (Å²) in [5, 5.41) is 0. The normalized spacial score (nSPS) is 13.9. The van der Waals surface area contributed by atoms with Crippen molar-refractivity contribution in [2.24, 2.45) is 5.92 Å². The minimum atomic E-state index is -1.05. The van der Waals surface area contributed by atoms with Gasteiger partial charge in [0, 0.05) is 6.61 Å². The summed E-state index contributed by atoms with van der Waals surface area (Å²) >= 11 is 0. The van der Waals surface area contributed by atoms with Crippen molar-refractivity contribution in [3.8, 4) is 0 Å². The number of hydrogen-bond donors (Lipinski definition) is 0. The summed E-state index contributed by atoms with van der Waals surface area (Å²) in [5.74, 6) is -2.30. The Morgan fingerprint density at radius 3 is 1.65 bits per heavy atom. The Balaban J connectivity index is 4.49. The van der Waals surface area contributed by atoms with Gasteiger partial charge in [-0.05, 0) is 34.6 Å². The maximum absolute atomic E-state index is 11.7. The van der Waals surface area contributed by atoms with Crippen LogP contribution in [0.4, 0.5) is 0 Å². The zero-order chi connectivity index (χ0) is 15.5. The molecule has 0 aliphatic heterocycles. The molecule has 0 aliphatic carbocycles. The quantitative estimate of drug-likeness (QED) is 0.449. The van der Waals surface area contributed by atoms with Crippen molar-refractivity contribution >= 4 is 11.9 Å². The van der Waals surface area contributed by atoms with Gasteiger partial charge in [0.05, 0.1) is 32.0 Å². The summed E-state index contributed by atoms with van der Waals surface area (Å²) in [6.45, 7) is 9.87. The van der Waals surface area contributed by atoms with Crippen LogP contribution in [-0.2, 0) is 28.5 Å². The molecule has 0 aliphatic rings. The smallest absolute Gasteiger partial charge is 0.322 e. The van der Waals surface area contributed by atoms with Crippen LogP contribution >= 0.6 is 0 Å². The lowest BCUT2D eigenvalue weighted by molar-refractivity contribution is -0.166. The molecule has 0 aromatic heterocycles.